The van der Waals surface area contributed by atoms with Gasteiger partial charge in [-0.1, -0.05) is 91.0 Å². The number of ether oxygens (including phenoxy) is 1. The van der Waals surface area contributed by atoms with Crippen molar-refractivity contribution >= 4 is 11.8 Å². The van der Waals surface area contributed by atoms with Gasteiger partial charge < -0.3 is 15.0 Å². The molecule has 0 unspecified atom stereocenters. The Labute approximate surface area is 213 Å². The van der Waals surface area contributed by atoms with E-state index in [9.17, 15) is 9.59 Å². The molecule has 2 amide bonds. The summed E-state index contributed by atoms with van der Waals surface area (Å²) in [4.78, 5) is 31.4. The highest BCUT2D eigenvalue weighted by Gasteiger charge is 2.31. The van der Waals surface area contributed by atoms with Crippen LogP contribution < -0.4 is 5.32 Å². The van der Waals surface area contributed by atoms with Gasteiger partial charge in [0.25, 0.3) is 0 Å². The van der Waals surface area contributed by atoms with Crippen molar-refractivity contribution in [1.29, 1.82) is 0 Å². The van der Waals surface area contributed by atoms with E-state index in [-0.39, 0.29) is 11.8 Å². The van der Waals surface area contributed by atoms with Crippen LogP contribution in [0.5, 0.6) is 0 Å². The van der Waals surface area contributed by atoms with Crippen molar-refractivity contribution in [2.24, 2.45) is 0 Å². The Morgan fingerprint density at radius 3 is 2.06 bits per heavy atom. The molecule has 0 aromatic heterocycles. The highest BCUT2D eigenvalue weighted by Crippen LogP contribution is 2.25. The molecule has 6 nitrogen and oxygen atoms in total. The minimum atomic E-state index is -0.709. The molecule has 1 heterocycles. The highest BCUT2D eigenvalue weighted by atomic mass is 16.5. The van der Waals surface area contributed by atoms with Crippen LogP contribution in [0, 0.1) is 0 Å². The summed E-state index contributed by atoms with van der Waals surface area (Å²) in [5, 5.41) is 3.11. The van der Waals surface area contributed by atoms with E-state index in [4.69, 9.17) is 4.74 Å². The topological polar surface area (TPSA) is 61.9 Å². The second-order valence-corrected chi connectivity index (χ2v) is 9.05. The largest absolute Gasteiger partial charge is 0.379 e. The fourth-order valence-corrected chi connectivity index (χ4v) is 4.51. The van der Waals surface area contributed by atoms with Gasteiger partial charge in [-0.15, -0.1) is 0 Å². The van der Waals surface area contributed by atoms with Gasteiger partial charge in [0.2, 0.25) is 11.8 Å². The zero-order valence-corrected chi connectivity index (χ0v) is 20.7. The van der Waals surface area contributed by atoms with E-state index < -0.39 is 6.04 Å². The van der Waals surface area contributed by atoms with Gasteiger partial charge in [-0.25, -0.2) is 0 Å². The minimum absolute atomic E-state index is 0.0418. The molecule has 1 fully saturated rings. The molecule has 0 aliphatic carbocycles. The number of hydrogen-bond acceptors (Lipinski definition) is 4. The Kier molecular flexibility index (Phi) is 9.65. The molecule has 0 spiro atoms. The fraction of sp³-hybridized carbons (Fsp3) is 0.333. The smallest absolute Gasteiger partial charge is 0.247 e. The molecule has 0 bridgehead atoms. The zero-order chi connectivity index (χ0) is 25.0. The van der Waals surface area contributed by atoms with Crippen LogP contribution in [0.4, 0.5) is 0 Å². The summed E-state index contributed by atoms with van der Waals surface area (Å²) in [5.74, 6) is -0.196. The molecule has 1 saturated heterocycles. The number of nitrogens with one attached hydrogen (secondary N) is 1. The molecule has 3 aromatic carbocycles. The Hall–Kier alpha value is -3.48. The van der Waals surface area contributed by atoms with Crippen molar-refractivity contribution in [2.75, 3.05) is 39.4 Å². The molecule has 0 saturated carbocycles. The number of aryl methyl sites for hydroxylation is 1. The van der Waals surface area contributed by atoms with Crippen LogP contribution in [0.15, 0.2) is 91.0 Å². The first-order valence-corrected chi connectivity index (χ1v) is 12.7. The number of benzene rings is 3. The van der Waals surface area contributed by atoms with E-state index in [1.54, 1.807) is 4.90 Å². The van der Waals surface area contributed by atoms with Crippen LogP contribution in [0.25, 0.3) is 0 Å². The Morgan fingerprint density at radius 2 is 1.42 bits per heavy atom. The Morgan fingerprint density at radius 1 is 0.833 bits per heavy atom. The van der Waals surface area contributed by atoms with Gasteiger partial charge in [-0.2, -0.15) is 0 Å². The van der Waals surface area contributed by atoms with Crippen molar-refractivity contribution in [3.8, 4) is 0 Å². The number of amides is 2. The molecule has 1 aliphatic heterocycles. The lowest BCUT2D eigenvalue weighted by Gasteiger charge is -2.32. The van der Waals surface area contributed by atoms with Gasteiger partial charge in [-0.05, 0) is 23.1 Å². The summed E-state index contributed by atoms with van der Waals surface area (Å²) < 4.78 is 5.42. The van der Waals surface area contributed by atoms with Crippen molar-refractivity contribution < 1.29 is 14.3 Å². The molecule has 1 N–H and O–H groups in total. The normalized spacial score (nSPS) is 14.7. The third kappa shape index (κ3) is 7.51. The molecule has 36 heavy (non-hydrogen) atoms. The van der Waals surface area contributed by atoms with Crippen molar-refractivity contribution in [3.63, 3.8) is 0 Å². The summed E-state index contributed by atoms with van der Waals surface area (Å²) in [6.45, 7) is 4.84. The highest BCUT2D eigenvalue weighted by molar-refractivity contribution is 5.88. The van der Waals surface area contributed by atoms with Crippen LogP contribution in [0.3, 0.4) is 0 Å². The van der Waals surface area contributed by atoms with Crippen LogP contribution in [-0.2, 0) is 27.3 Å². The van der Waals surface area contributed by atoms with Gasteiger partial charge >= 0.3 is 0 Å². The second kappa shape index (κ2) is 13.6. The average molecular weight is 486 g/mol. The van der Waals surface area contributed by atoms with Crippen molar-refractivity contribution in [1.82, 2.24) is 15.1 Å². The molecular weight excluding hydrogens is 450 g/mol. The Bertz CT molecular complexity index is 1070. The van der Waals surface area contributed by atoms with Crippen molar-refractivity contribution in [2.45, 2.75) is 25.4 Å². The summed E-state index contributed by atoms with van der Waals surface area (Å²) in [5.41, 5.74) is 2.91. The van der Waals surface area contributed by atoms with E-state index in [1.165, 1.54) is 0 Å². The first kappa shape index (κ1) is 25.6. The summed E-state index contributed by atoms with van der Waals surface area (Å²) >= 11 is 0. The lowest BCUT2D eigenvalue weighted by atomic mass is 10.0. The molecule has 0 radical (unpaired) electrons. The SMILES string of the molecule is O=C(NCCN1CCOCC1)[C@@H](c1ccccc1)N(Cc1ccccc1)C(=O)CCc1ccccc1. The first-order chi connectivity index (χ1) is 17.7. The van der Waals surface area contributed by atoms with E-state index in [0.29, 0.717) is 25.9 Å². The summed E-state index contributed by atoms with van der Waals surface area (Å²) in [7, 11) is 0. The molecule has 4 rings (SSSR count). The molecular formula is C30H35N3O3. The van der Waals surface area contributed by atoms with Gasteiger partial charge in [0, 0.05) is 39.1 Å². The van der Waals surface area contributed by atoms with Gasteiger partial charge in [0.1, 0.15) is 6.04 Å². The molecule has 1 aliphatic rings. The third-order valence-electron chi connectivity index (χ3n) is 6.49. The van der Waals surface area contributed by atoms with Gasteiger partial charge in [-0.3, -0.25) is 14.5 Å². The maximum Gasteiger partial charge on any atom is 0.247 e. The van der Waals surface area contributed by atoms with Gasteiger partial charge in [0.15, 0.2) is 0 Å². The van der Waals surface area contributed by atoms with Crippen LogP contribution in [0.2, 0.25) is 0 Å². The summed E-state index contributed by atoms with van der Waals surface area (Å²) in [6.07, 6.45) is 0.965. The van der Waals surface area contributed by atoms with Crippen molar-refractivity contribution in [3.05, 3.63) is 108 Å². The average Bonchev–Trinajstić information content (AvgIpc) is 2.94. The predicted molar refractivity (Wildman–Crippen MR) is 141 cm³/mol. The minimum Gasteiger partial charge on any atom is -0.379 e. The van der Waals surface area contributed by atoms with E-state index in [2.05, 4.69) is 10.2 Å². The van der Waals surface area contributed by atoms with Crippen LogP contribution in [-0.4, -0.2) is 61.0 Å². The second-order valence-electron chi connectivity index (χ2n) is 9.05. The Balaban J connectivity index is 1.53. The summed E-state index contributed by atoms with van der Waals surface area (Å²) in [6, 6.07) is 28.8. The van der Waals surface area contributed by atoms with E-state index in [1.807, 2.05) is 91.0 Å². The number of nitrogens with zero attached hydrogens (tertiary/aromatic N) is 2. The molecule has 188 valence electrons. The monoisotopic (exact) mass is 485 g/mol. The predicted octanol–water partition coefficient (Wildman–Crippen LogP) is 3.84. The lowest BCUT2D eigenvalue weighted by Crippen LogP contribution is -2.46. The quantitative estimate of drug-likeness (QED) is 0.448. The zero-order valence-electron chi connectivity index (χ0n) is 20.7. The molecule has 1 atom stereocenters. The maximum absolute atomic E-state index is 13.7. The number of carbonyl (C=O) groups is 2. The molecule has 3 aromatic rings. The number of morpholine rings is 1. The van der Waals surface area contributed by atoms with Crippen LogP contribution in [0.1, 0.15) is 29.2 Å². The number of hydrogen-bond donors (Lipinski definition) is 1. The third-order valence-corrected chi connectivity index (χ3v) is 6.49. The van der Waals surface area contributed by atoms with E-state index in [0.717, 1.165) is 49.5 Å². The van der Waals surface area contributed by atoms with Crippen LogP contribution >= 0.6 is 0 Å². The molecule has 6 heteroatoms. The van der Waals surface area contributed by atoms with E-state index >= 15 is 0 Å². The van der Waals surface area contributed by atoms with Gasteiger partial charge in [0.05, 0.1) is 13.2 Å². The number of rotatable bonds is 11. The fourth-order valence-electron chi connectivity index (χ4n) is 4.51. The number of carbonyl (C=O) groups excluding carboxylic acids is 2. The first-order valence-electron chi connectivity index (χ1n) is 12.7. The lowest BCUT2D eigenvalue weighted by molar-refractivity contribution is -0.141. The maximum atomic E-state index is 13.7. The standard InChI is InChI=1S/C30H35N3O3/c34-28(17-16-25-10-4-1-5-11-25)33(24-26-12-6-2-7-13-26)29(27-14-8-3-9-15-27)30(35)31-18-19-32-20-22-36-23-21-32/h1-15,29H,16-24H2,(H,31,35)/t29-/m1/s1.